The third-order valence-electron chi connectivity index (χ3n) is 3.23. The predicted octanol–water partition coefficient (Wildman–Crippen LogP) is 1.12. The van der Waals surface area contributed by atoms with Crippen molar-refractivity contribution in [1.82, 2.24) is 10.2 Å². The summed E-state index contributed by atoms with van der Waals surface area (Å²) in [6.07, 6.45) is 1.24. The lowest BCUT2D eigenvalue weighted by Gasteiger charge is -2.21. The van der Waals surface area contributed by atoms with Crippen molar-refractivity contribution < 1.29 is 18.4 Å². The van der Waals surface area contributed by atoms with Crippen molar-refractivity contribution in [1.29, 1.82) is 0 Å². The van der Waals surface area contributed by atoms with E-state index in [4.69, 9.17) is 5.73 Å². The zero-order valence-electron chi connectivity index (χ0n) is 10.7. The van der Waals surface area contributed by atoms with Gasteiger partial charge in [0.25, 0.3) is 0 Å². The molecule has 3 N–H and O–H groups in total. The Kier molecular flexibility index (Phi) is 4.16. The van der Waals surface area contributed by atoms with Crippen LogP contribution in [0.15, 0.2) is 18.2 Å². The van der Waals surface area contributed by atoms with Crippen LogP contribution in [0, 0.1) is 11.6 Å². The summed E-state index contributed by atoms with van der Waals surface area (Å²) in [7, 11) is 0. The van der Waals surface area contributed by atoms with Crippen LogP contribution in [0.3, 0.4) is 0 Å². The number of nitrogens with zero attached hydrogens (tertiary/aromatic N) is 1. The van der Waals surface area contributed by atoms with Gasteiger partial charge in [0.1, 0.15) is 17.7 Å². The molecule has 7 heteroatoms. The topological polar surface area (TPSA) is 75.4 Å². The van der Waals surface area contributed by atoms with Gasteiger partial charge in [0.05, 0.1) is 0 Å². The summed E-state index contributed by atoms with van der Waals surface area (Å²) in [5, 5.41) is 2.56. The quantitative estimate of drug-likeness (QED) is 0.872. The number of hydrogen-bond donors (Lipinski definition) is 2. The van der Waals surface area contributed by atoms with E-state index < -0.39 is 23.7 Å². The molecule has 1 aromatic carbocycles. The molecule has 0 aliphatic carbocycles. The first-order valence-electron chi connectivity index (χ1n) is 6.26. The summed E-state index contributed by atoms with van der Waals surface area (Å²) in [5.74, 6) is -1.77. The molecule has 0 aromatic heterocycles. The first kappa shape index (κ1) is 14.2. The maximum Gasteiger partial charge on any atom is 0.315 e. The van der Waals surface area contributed by atoms with Gasteiger partial charge in [-0.05, 0) is 30.5 Å². The molecule has 0 bridgehead atoms. The highest BCUT2D eigenvalue weighted by Crippen LogP contribution is 2.17. The average Bonchev–Trinajstić information content (AvgIpc) is 2.84. The fourth-order valence-electron chi connectivity index (χ4n) is 2.32. The molecule has 1 heterocycles. The van der Waals surface area contributed by atoms with E-state index in [0.717, 1.165) is 18.2 Å². The maximum atomic E-state index is 13.0. The Morgan fingerprint density at radius 1 is 1.30 bits per heavy atom. The van der Waals surface area contributed by atoms with E-state index >= 15 is 0 Å². The molecule has 1 unspecified atom stereocenters. The Hall–Kier alpha value is -2.18. The molecule has 108 valence electrons. The molecular formula is C13H15F2N3O2. The van der Waals surface area contributed by atoms with Gasteiger partial charge in [-0.15, -0.1) is 0 Å². The molecule has 1 aliphatic rings. The van der Waals surface area contributed by atoms with E-state index in [9.17, 15) is 18.4 Å². The van der Waals surface area contributed by atoms with Gasteiger partial charge in [-0.25, -0.2) is 13.6 Å². The molecule has 3 amide bonds. The minimum absolute atomic E-state index is 0.00336. The number of rotatable bonds is 3. The molecule has 1 aromatic rings. The van der Waals surface area contributed by atoms with Crippen LogP contribution in [0.5, 0.6) is 0 Å². The van der Waals surface area contributed by atoms with Gasteiger partial charge >= 0.3 is 6.03 Å². The van der Waals surface area contributed by atoms with Gasteiger partial charge in [0.2, 0.25) is 5.91 Å². The third-order valence-corrected chi connectivity index (χ3v) is 3.23. The van der Waals surface area contributed by atoms with E-state index in [0.29, 0.717) is 24.9 Å². The van der Waals surface area contributed by atoms with E-state index in [-0.39, 0.29) is 12.5 Å². The molecule has 5 nitrogen and oxygen atoms in total. The molecule has 1 fully saturated rings. The number of urea groups is 1. The summed E-state index contributed by atoms with van der Waals surface area (Å²) in [4.78, 5) is 24.4. The maximum absolute atomic E-state index is 13.0. The first-order chi connectivity index (χ1) is 9.47. The second kappa shape index (κ2) is 5.85. The van der Waals surface area contributed by atoms with Crippen molar-refractivity contribution in [3.05, 3.63) is 35.4 Å². The average molecular weight is 283 g/mol. The summed E-state index contributed by atoms with van der Waals surface area (Å²) in [6, 6.07) is 1.80. The first-order valence-corrected chi connectivity index (χ1v) is 6.26. The molecule has 1 saturated heterocycles. The predicted molar refractivity (Wildman–Crippen MR) is 67.5 cm³/mol. The molecule has 0 spiro atoms. The second-order valence-corrected chi connectivity index (χ2v) is 4.69. The van der Waals surface area contributed by atoms with Crippen LogP contribution in [-0.2, 0) is 11.3 Å². The molecule has 2 rings (SSSR count). The molecular weight excluding hydrogens is 268 g/mol. The molecule has 20 heavy (non-hydrogen) atoms. The Labute approximate surface area is 114 Å². The van der Waals surface area contributed by atoms with Crippen molar-refractivity contribution in [2.45, 2.75) is 25.4 Å². The van der Waals surface area contributed by atoms with Crippen LogP contribution in [0.1, 0.15) is 18.4 Å². The number of carbonyl (C=O) groups is 2. The van der Waals surface area contributed by atoms with Crippen LogP contribution in [0.25, 0.3) is 0 Å². The number of halogens is 2. The summed E-state index contributed by atoms with van der Waals surface area (Å²) in [5.41, 5.74) is 5.50. The number of carbonyl (C=O) groups excluding carboxylic acids is 2. The Morgan fingerprint density at radius 2 is 1.95 bits per heavy atom. The SMILES string of the molecule is NC(=O)N1CCCC1C(=O)NCc1cc(F)cc(F)c1. The van der Waals surface area contributed by atoms with E-state index in [1.807, 2.05) is 0 Å². The Morgan fingerprint density at radius 3 is 2.55 bits per heavy atom. The zero-order chi connectivity index (χ0) is 14.7. The molecule has 0 saturated carbocycles. The number of benzene rings is 1. The highest BCUT2D eigenvalue weighted by Gasteiger charge is 2.32. The normalized spacial score (nSPS) is 18.1. The molecule has 1 aliphatic heterocycles. The Balaban J connectivity index is 1.96. The summed E-state index contributed by atoms with van der Waals surface area (Å²) < 4.78 is 26.0. The van der Waals surface area contributed by atoms with Gasteiger partial charge in [0.15, 0.2) is 0 Å². The number of hydrogen-bond acceptors (Lipinski definition) is 2. The largest absolute Gasteiger partial charge is 0.351 e. The number of nitrogens with one attached hydrogen (secondary N) is 1. The summed E-state index contributed by atoms with van der Waals surface area (Å²) >= 11 is 0. The summed E-state index contributed by atoms with van der Waals surface area (Å²) in [6.45, 7) is 0.443. The van der Waals surface area contributed by atoms with Gasteiger partial charge in [0, 0.05) is 19.2 Å². The Bertz CT molecular complexity index is 516. The number of primary amides is 1. The lowest BCUT2D eigenvalue weighted by atomic mass is 10.2. The number of nitrogens with two attached hydrogens (primary N) is 1. The van der Waals surface area contributed by atoms with E-state index in [2.05, 4.69) is 5.32 Å². The van der Waals surface area contributed by atoms with Crippen molar-refractivity contribution in [2.24, 2.45) is 5.73 Å². The van der Waals surface area contributed by atoms with E-state index in [1.165, 1.54) is 4.90 Å². The number of amides is 3. The van der Waals surface area contributed by atoms with Crippen LogP contribution in [-0.4, -0.2) is 29.4 Å². The third kappa shape index (κ3) is 3.23. The highest BCUT2D eigenvalue weighted by atomic mass is 19.1. The standard InChI is InChI=1S/C13H15F2N3O2/c14-9-4-8(5-10(15)6-9)7-17-12(19)11-2-1-3-18(11)13(16)20/h4-6,11H,1-3,7H2,(H2,16,20)(H,17,19). The van der Waals surface area contributed by atoms with Crippen molar-refractivity contribution in [3.8, 4) is 0 Å². The van der Waals surface area contributed by atoms with Gasteiger partial charge in [-0.1, -0.05) is 0 Å². The minimum atomic E-state index is -0.700. The van der Waals surface area contributed by atoms with Crippen molar-refractivity contribution in [3.63, 3.8) is 0 Å². The molecule has 0 radical (unpaired) electrons. The highest BCUT2D eigenvalue weighted by molar-refractivity contribution is 5.87. The van der Waals surface area contributed by atoms with Crippen LogP contribution in [0.4, 0.5) is 13.6 Å². The fraction of sp³-hybridized carbons (Fsp3) is 0.385. The van der Waals surface area contributed by atoms with Crippen molar-refractivity contribution in [2.75, 3.05) is 6.54 Å². The van der Waals surface area contributed by atoms with Crippen LogP contribution >= 0.6 is 0 Å². The second-order valence-electron chi connectivity index (χ2n) is 4.69. The smallest absolute Gasteiger partial charge is 0.315 e. The van der Waals surface area contributed by atoms with Gasteiger partial charge in [-0.2, -0.15) is 0 Å². The van der Waals surface area contributed by atoms with Gasteiger partial charge < -0.3 is 16.0 Å². The van der Waals surface area contributed by atoms with Crippen molar-refractivity contribution >= 4 is 11.9 Å². The molecule has 1 atom stereocenters. The van der Waals surface area contributed by atoms with Gasteiger partial charge in [-0.3, -0.25) is 4.79 Å². The lowest BCUT2D eigenvalue weighted by molar-refractivity contribution is -0.124. The van der Waals surface area contributed by atoms with E-state index in [1.54, 1.807) is 0 Å². The monoisotopic (exact) mass is 283 g/mol. The zero-order valence-corrected chi connectivity index (χ0v) is 10.7. The minimum Gasteiger partial charge on any atom is -0.351 e. The van der Waals surface area contributed by atoms with Crippen LogP contribution in [0.2, 0.25) is 0 Å². The van der Waals surface area contributed by atoms with Crippen LogP contribution < -0.4 is 11.1 Å². The lowest BCUT2D eigenvalue weighted by Crippen LogP contribution is -2.47. The fourth-order valence-corrected chi connectivity index (χ4v) is 2.32. The number of likely N-dealkylation sites (tertiary alicyclic amines) is 1.